The molecule has 0 spiro atoms. The number of morpholine rings is 1. The van der Waals surface area contributed by atoms with Crippen LogP contribution in [0.25, 0.3) is 0 Å². The fourth-order valence-electron chi connectivity index (χ4n) is 3.28. The molecule has 1 aliphatic rings. The molecule has 6 heteroatoms. The Morgan fingerprint density at radius 1 is 1.00 bits per heavy atom. The summed E-state index contributed by atoms with van der Waals surface area (Å²) < 4.78 is 15.9. The SMILES string of the molecule is COc1ccc(CCNC(=O)Cc2ccc(N3CCOCC3)cc2)cc1OC. The quantitative estimate of drug-likeness (QED) is 0.758. The first-order valence-corrected chi connectivity index (χ1v) is 9.59. The van der Waals surface area contributed by atoms with Gasteiger partial charge in [0.25, 0.3) is 0 Å². The van der Waals surface area contributed by atoms with E-state index in [0.717, 1.165) is 43.9 Å². The molecule has 1 amide bonds. The molecule has 0 aliphatic carbocycles. The molecule has 0 saturated carbocycles. The molecule has 1 fully saturated rings. The second kappa shape index (κ2) is 9.99. The van der Waals surface area contributed by atoms with Gasteiger partial charge in [-0.25, -0.2) is 0 Å². The Labute approximate surface area is 166 Å². The summed E-state index contributed by atoms with van der Waals surface area (Å²) >= 11 is 0. The van der Waals surface area contributed by atoms with E-state index in [9.17, 15) is 4.79 Å². The van der Waals surface area contributed by atoms with E-state index in [2.05, 4.69) is 22.3 Å². The van der Waals surface area contributed by atoms with Gasteiger partial charge in [-0.1, -0.05) is 18.2 Å². The van der Waals surface area contributed by atoms with Crippen LogP contribution in [0.3, 0.4) is 0 Å². The molecule has 0 bridgehead atoms. The average Bonchev–Trinajstić information content (AvgIpc) is 2.74. The number of benzene rings is 2. The van der Waals surface area contributed by atoms with Crippen LogP contribution in [0.1, 0.15) is 11.1 Å². The molecule has 0 atom stereocenters. The van der Waals surface area contributed by atoms with Crippen molar-refractivity contribution in [1.82, 2.24) is 5.32 Å². The van der Waals surface area contributed by atoms with Crippen molar-refractivity contribution in [3.63, 3.8) is 0 Å². The first-order chi connectivity index (χ1) is 13.7. The number of amides is 1. The summed E-state index contributed by atoms with van der Waals surface area (Å²) in [5.41, 5.74) is 3.29. The number of methoxy groups -OCH3 is 2. The van der Waals surface area contributed by atoms with E-state index >= 15 is 0 Å². The molecule has 6 nitrogen and oxygen atoms in total. The number of nitrogens with zero attached hydrogens (tertiary/aromatic N) is 1. The maximum Gasteiger partial charge on any atom is 0.224 e. The minimum Gasteiger partial charge on any atom is -0.493 e. The van der Waals surface area contributed by atoms with Crippen LogP contribution in [-0.2, 0) is 22.4 Å². The second-order valence-corrected chi connectivity index (χ2v) is 6.73. The van der Waals surface area contributed by atoms with E-state index < -0.39 is 0 Å². The third-order valence-electron chi connectivity index (χ3n) is 4.86. The minimum atomic E-state index is 0.0274. The van der Waals surface area contributed by atoms with Crippen molar-refractivity contribution < 1.29 is 19.0 Å². The van der Waals surface area contributed by atoms with Crippen LogP contribution in [0.2, 0.25) is 0 Å². The van der Waals surface area contributed by atoms with Gasteiger partial charge in [-0.05, 0) is 41.8 Å². The van der Waals surface area contributed by atoms with Crippen molar-refractivity contribution in [2.75, 3.05) is 52.0 Å². The summed E-state index contributed by atoms with van der Waals surface area (Å²) in [5, 5.41) is 2.99. The van der Waals surface area contributed by atoms with E-state index in [-0.39, 0.29) is 5.91 Å². The van der Waals surface area contributed by atoms with Gasteiger partial charge in [-0.3, -0.25) is 4.79 Å². The van der Waals surface area contributed by atoms with Crippen molar-refractivity contribution in [2.45, 2.75) is 12.8 Å². The van der Waals surface area contributed by atoms with Gasteiger partial charge in [-0.2, -0.15) is 0 Å². The monoisotopic (exact) mass is 384 g/mol. The van der Waals surface area contributed by atoms with Gasteiger partial charge in [0.05, 0.1) is 33.9 Å². The number of ether oxygens (including phenoxy) is 3. The highest BCUT2D eigenvalue weighted by molar-refractivity contribution is 5.78. The van der Waals surface area contributed by atoms with Crippen LogP contribution < -0.4 is 19.7 Å². The standard InChI is InChI=1S/C22H28N2O4/c1-26-20-8-5-18(15-21(20)27-2)9-10-23-22(25)16-17-3-6-19(7-4-17)24-11-13-28-14-12-24/h3-8,15H,9-14,16H2,1-2H3,(H,23,25). The molecule has 1 heterocycles. The van der Waals surface area contributed by atoms with Crippen molar-refractivity contribution in [1.29, 1.82) is 0 Å². The Morgan fingerprint density at radius 3 is 2.36 bits per heavy atom. The first kappa shape index (κ1) is 20.0. The molecule has 3 rings (SSSR count). The smallest absolute Gasteiger partial charge is 0.224 e. The van der Waals surface area contributed by atoms with E-state index in [1.165, 1.54) is 5.69 Å². The lowest BCUT2D eigenvalue weighted by Gasteiger charge is -2.28. The van der Waals surface area contributed by atoms with Gasteiger partial charge in [0, 0.05) is 25.3 Å². The molecule has 0 aromatic heterocycles. The zero-order valence-corrected chi connectivity index (χ0v) is 16.6. The Hall–Kier alpha value is -2.73. The normalized spacial score (nSPS) is 13.9. The fraction of sp³-hybridized carbons (Fsp3) is 0.409. The molecule has 28 heavy (non-hydrogen) atoms. The highest BCUT2D eigenvalue weighted by Gasteiger charge is 2.11. The van der Waals surface area contributed by atoms with Crippen molar-refractivity contribution in [2.24, 2.45) is 0 Å². The predicted molar refractivity (Wildman–Crippen MR) is 109 cm³/mol. The number of nitrogens with one attached hydrogen (secondary N) is 1. The number of hydrogen-bond donors (Lipinski definition) is 1. The maximum absolute atomic E-state index is 12.2. The van der Waals surface area contributed by atoms with E-state index in [0.29, 0.717) is 24.5 Å². The predicted octanol–water partition coefficient (Wildman–Crippen LogP) is 2.44. The summed E-state index contributed by atoms with van der Waals surface area (Å²) in [5.74, 6) is 1.43. The van der Waals surface area contributed by atoms with Gasteiger partial charge >= 0.3 is 0 Å². The van der Waals surface area contributed by atoms with Crippen LogP contribution in [0, 0.1) is 0 Å². The number of anilines is 1. The Kier molecular flexibility index (Phi) is 7.14. The van der Waals surface area contributed by atoms with E-state index in [4.69, 9.17) is 14.2 Å². The van der Waals surface area contributed by atoms with E-state index in [1.807, 2.05) is 30.3 Å². The van der Waals surface area contributed by atoms with Gasteiger partial charge in [0.2, 0.25) is 5.91 Å². The minimum absolute atomic E-state index is 0.0274. The molecule has 1 aliphatic heterocycles. The lowest BCUT2D eigenvalue weighted by molar-refractivity contribution is -0.120. The molecule has 150 valence electrons. The van der Waals surface area contributed by atoms with Crippen LogP contribution in [0.5, 0.6) is 11.5 Å². The number of carbonyl (C=O) groups is 1. The number of hydrogen-bond acceptors (Lipinski definition) is 5. The maximum atomic E-state index is 12.2. The molecular formula is C22H28N2O4. The van der Waals surface area contributed by atoms with Gasteiger partial charge < -0.3 is 24.4 Å². The Bertz CT molecular complexity index is 771. The molecule has 2 aromatic rings. The number of carbonyl (C=O) groups excluding carboxylic acids is 1. The topological polar surface area (TPSA) is 60.0 Å². The molecule has 1 saturated heterocycles. The molecule has 0 unspecified atom stereocenters. The fourth-order valence-corrected chi connectivity index (χ4v) is 3.28. The third-order valence-corrected chi connectivity index (χ3v) is 4.86. The zero-order chi connectivity index (χ0) is 19.8. The average molecular weight is 384 g/mol. The van der Waals surface area contributed by atoms with Crippen LogP contribution >= 0.6 is 0 Å². The Balaban J connectivity index is 1.45. The molecule has 0 radical (unpaired) electrons. The summed E-state index contributed by atoms with van der Waals surface area (Å²) in [7, 11) is 3.24. The summed E-state index contributed by atoms with van der Waals surface area (Å²) in [6, 6.07) is 14.0. The largest absolute Gasteiger partial charge is 0.493 e. The lowest BCUT2D eigenvalue weighted by Crippen LogP contribution is -2.36. The Morgan fingerprint density at radius 2 is 1.68 bits per heavy atom. The van der Waals surface area contributed by atoms with E-state index in [1.54, 1.807) is 14.2 Å². The molecular weight excluding hydrogens is 356 g/mol. The van der Waals surface area contributed by atoms with Gasteiger partial charge in [0.1, 0.15) is 0 Å². The molecule has 1 N–H and O–H groups in total. The summed E-state index contributed by atoms with van der Waals surface area (Å²) in [6.45, 7) is 3.95. The van der Waals surface area contributed by atoms with Crippen LogP contribution in [0.4, 0.5) is 5.69 Å². The van der Waals surface area contributed by atoms with Crippen molar-refractivity contribution >= 4 is 11.6 Å². The second-order valence-electron chi connectivity index (χ2n) is 6.73. The summed E-state index contributed by atoms with van der Waals surface area (Å²) in [4.78, 5) is 14.5. The van der Waals surface area contributed by atoms with Crippen LogP contribution in [0.15, 0.2) is 42.5 Å². The lowest BCUT2D eigenvalue weighted by atomic mass is 10.1. The molecule has 2 aromatic carbocycles. The zero-order valence-electron chi connectivity index (χ0n) is 16.6. The van der Waals surface area contributed by atoms with Gasteiger partial charge in [0.15, 0.2) is 11.5 Å². The number of rotatable bonds is 8. The highest BCUT2D eigenvalue weighted by atomic mass is 16.5. The first-order valence-electron chi connectivity index (χ1n) is 9.59. The summed E-state index contributed by atoms with van der Waals surface area (Å²) in [6.07, 6.45) is 1.12. The van der Waals surface area contributed by atoms with Crippen LogP contribution in [-0.4, -0.2) is 53.0 Å². The van der Waals surface area contributed by atoms with Crippen molar-refractivity contribution in [3.05, 3.63) is 53.6 Å². The van der Waals surface area contributed by atoms with Crippen molar-refractivity contribution in [3.8, 4) is 11.5 Å². The third kappa shape index (κ3) is 5.39. The highest BCUT2D eigenvalue weighted by Crippen LogP contribution is 2.27. The van der Waals surface area contributed by atoms with Gasteiger partial charge in [-0.15, -0.1) is 0 Å².